The van der Waals surface area contributed by atoms with Crippen LogP contribution in [0.2, 0.25) is 0 Å². The number of aromatic nitrogens is 2. The maximum absolute atomic E-state index is 15.1. The predicted molar refractivity (Wildman–Crippen MR) is 136 cm³/mol. The van der Waals surface area contributed by atoms with Gasteiger partial charge in [-0.2, -0.15) is 0 Å². The van der Waals surface area contributed by atoms with E-state index in [9.17, 15) is 14.0 Å². The molecule has 1 N–H and O–H groups in total. The van der Waals surface area contributed by atoms with Crippen LogP contribution < -0.4 is 10.1 Å². The van der Waals surface area contributed by atoms with E-state index in [0.717, 1.165) is 11.6 Å². The summed E-state index contributed by atoms with van der Waals surface area (Å²) in [7, 11) is 0. The van der Waals surface area contributed by atoms with E-state index in [1.165, 1.54) is 12.1 Å². The van der Waals surface area contributed by atoms with Gasteiger partial charge in [-0.05, 0) is 62.9 Å². The maximum atomic E-state index is 15.1. The highest BCUT2D eigenvalue weighted by Crippen LogP contribution is 2.45. The van der Waals surface area contributed by atoms with Gasteiger partial charge < -0.3 is 19.3 Å². The van der Waals surface area contributed by atoms with Gasteiger partial charge in [0.1, 0.15) is 23.2 Å². The monoisotopic (exact) mass is 539 g/mol. The zero-order valence-electron chi connectivity index (χ0n) is 22.1. The molecular formula is C29H31F2N3O5. The SMILES string of the molecule is CC(C)(C)OC(=O)N[C@@H]1c2cccnc2[C@H](Oc2noc3c2CCC(=O)CC3)CC[C@H]1c1cccc(F)c1F. The summed E-state index contributed by atoms with van der Waals surface area (Å²) in [6, 6.07) is 6.77. The number of amides is 1. The first-order chi connectivity index (χ1) is 18.6. The van der Waals surface area contributed by atoms with Gasteiger partial charge >= 0.3 is 6.09 Å². The third-order valence-electron chi connectivity index (χ3n) is 7.08. The quantitative estimate of drug-likeness (QED) is 0.402. The number of Topliss-reactive ketones (excluding diaryl/α,β-unsaturated/α-hetero) is 1. The number of halogens is 2. The highest BCUT2D eigenvalue weighted by molar-refractivity contribution is 5.79. The lowest BCUT2D eigenvalue weighted by molar-refractivity contribution is -0.118. The maximum Gasteiger partial charge on any atom is 0.408 e. The van der Waals surface area contributed by atoms with Crippen molar-refractivity contribution in [3.63, 3.8) is 0 Å². The van der Waals surface area contributed by atoms with Crippen LogP contribution in [-0.4, -0.2) is 27.6 Å². The Bertz CT molecular complexity index is 1380. The van der Waals surface area contributed by atoms with Crippen LogP contribution in [0.25, 0.3) is 0 Å². The van der Waals surface area contributed by atoms with Crippen LogP contribution in [0.15, 0.2) is 41.1 Å². The molecule has 3 atom stereocenters. The van der Waals surface area contributed by atoms with Crippen LogP contribution in [0.3, 0.4) is 0 Å². The van der Waals surface area contributed by atoms with E-state index < -0.39 is 41.4 Å². The Kier molecular flexibility index (Phi) is 7.38. The molecule has 0 saturated carbocycles. The van der Waals surface area contributed by atoms with Gasteiger partial charge in [0.2, 0.25) is 0 Å². The summed E-state index contributed by atoms with van der Waals surface area (Å²) in [6.07, 6.45) is 2.74. The summed E-state index contributed by atoms with van der Waals surface area (Å²) in [4.78, 5) is 29.5. The van der Waals surface area contributed by atoms with Gasteiger partial charge in [0, 0.05) is 36.9 Å². The Labute approximate surface area is 225 Å². The van der Waals surface area contributed by atoms with Gasteiger partial charge in [0.25, 0.3) is 5.88 Å². The number of ether oxygens (including phenoxy) is 2. The third-order valence-corrected chi connectivity index (χ3v) is 7.08. The normalized spacial score (nSPS) is 21.3. The summed E-state index contributed by atoms with van der Waals surface area (Å²) < 4.78 is 46.8. The van der Waals surface area contributed by atoms with E-state index >= 15 is 4.39 Å². The Morgan fingerprint density at radius 1 is 1.05 bits per heavy atom. The molecule has 2 aliphatic carbocycles. The number of benzene rings is 1. The molecule has 3 aromatic rings. The molecule has 0 saturated heterocycles. The number of ketones is 1. The second kappa shape index (κ2) is 10.7. The van der Waals surface area contributed by atoms with Crippen molar-refractivity contribution in [1.29, 1.82) is 0 Å². The van der Waals surface area contributed by atoms with E-state index in [0.29, 0.717) is 61.4 Å². The van der Waals surface area contributed by atoms with Crippen molar-refractivity contribution in [2.45, 2.75) is 83.0 Å². The second-order valence-corrected chi connectivity index (χ2v) is 11.0. The van der Waals surface area contributed by atoms with Gasteiger partial charge in [-0.1, -0.05) is 18.2 Å². The number of fused-ring (bicyclic) bond motifs is 2. The molecule has 2 aliphatic rings. The molecule has 0 unspecified atom stereocenters. The number of aryl methyl sites for hydroxylation is 1. The number of alkyl carbamates (subject to hydrolysis) is 1. The van der Waals surface area contributed by atoms with Crippen LogP contribution in [0.5, 0.6) is 5.88 Å². The van der Waals surface area contributed by atoms with Crippen molar-refractivity contribution in [2.75, 3.05) is 0 Å². The van der Waals surface area contributed by atoms with Gasteiger partial charge in [-0.15, -0.1) is 0 Å². The number of hydrogen-bond donors (Lipinski definition) is 1. The summed E-state index contributed by atoms with van der Waals surface area (Å²) in [5.74, 6) is -1.48. The first kappa shape index (κ1) is 26.8. The van der Waals surface area contributed by atoms with Crippen molar-refractivity contribution >= 4 is 11.9 Å². The first-order valence-electron chi connectivity index (χ1n) is 13.1. The van der Waals surface area contributed by atoms with Crippen molar-refractivity contribution < 1.29 is 32.4 Å². The van der Waals surface area contributed by atoms with Crippen molar-refractivity contribution in [3.8, 4) is 5.88 Å². The smallest absolute Gasteiger partial charge is 0.408 e. The number of nitrogens with zero attached hydrogens (tertiary/aromatic N) is 2. The number of nitrogens with one attached hydrogen (secondary N) is 1. The molecule has 10 heteroatoms. The fraction of sp³-hybridized carbons (Fsp3) is 0.448. The molecule has 1 aromatic carbocycles. The number of rotatable bonds is 4. The zero-order chi connectivity index (χ0) is 27.7. The lowest BCUT2D eigenvalue weighted by atomic mass is 9.85. The molecule has 206 valence electrons. The van der Waals surface area contributed by atoms with Crippen LogP contribution in [0.1, 0.15) is 92.7 Å². The van der Waals surface area contributed by atoms with E-state index in [-0.39, 0.29) is 11.3 Å². The zero-order valence-corrected chi connectivity index (χ0v) is 22.1. The minimum atomic E-state index is -0.966. The fourth-order valence-electron chi connectivity index (χ4n) is 5.32. The first-order valence-corrected chi connectivity index (χ1v) is 13.1. The summed E-state index contributed by atoms with van der Waals surface area (Å²) >= 11 is 0. The number of carbonyl (C=O) groups is 2. The number of carbonyl (C=O) groups excluding carboxylic acids is 2. The second-order valence-electron chi connectivity index (χ2n) is 11.0. The topological polar surface area (TPSA) is 104 Å². The standard InChI is InChI=1S/C29H31F2N3O5/c1-29(2,3)38-28(36)33-25-18(17-6-4-8-21(30)24(17)31)12-14-23(26-20(25)7-5-15-32-26)37-27-19-11-9-16(35)10-13-22(19)39-34-27/h4-8,15,18,23,25H,9-14H2,1-3H3,(H,33,36)/t18-,23+,25-/m0/s1. The molecule has 0 spiro atoms. The van der Waals surface area contributed by atoms with Crippen LogP contribution in [0.4, 0.5) is 13.6 Å². The average Bonchev–Trinajstić information content (AvgIpc) is 3.07. The van der Waals surface area contributed by atoms with Gasteiger partial charge in [-0.25, -0.2) is 13.6 Å². The highest BCUT2D eigenvalue weighted by atomic mass is 19.2. The molecule has 2 heterocycles. The van der Waals surface area contributed by atoms with Gasteiger partial charge in [0.15, 0.2) is 11.6 Å². The molecule has 0 radical (unpaired) electrons. The average molecular weight is 540 g/mol. The molecular weight excluding hydrogens is 508 g/mol. The highest BCUT2D eigenvalue weighted by Gasteiger charge is 2.38. The van der Waals surface area contributed by atoms with Crippen molar-refractivity contribution in [2.24, 2.45) is 0 Å². The van der Waals surface area contributed by atoms with E-state index in [1.807, 2.05) is 0 Å². The molecule has 5 rings (SSSR count). The Morgan fingerprint density at radius 2 is 1.82 bits per heavy atom. The summed E-state index contributed by atoms with van der Waals surface area (Å²) in [5, 5.41) is 7.03. The number of hydrogen-bond acceptors (Lipinski definition) is 7. The van der Waals surface area contributed by atoms with E-state index in [4.69, 9.17) is 14.0 Å². The molecule has 0 aliphatic heterocycles. The number of pyridine rings is 1. The third kappa shape index (κ3) is 5.79. The Balaban J connectivity index is 1.53. The lowest BCUT2D eigenvalue weighted by Crippen LogP contribution is -2.37. The van der Waals surface area contributed by atoms with E-state index in [1.54, 1.807) is 39.1 Å². The van der Waals surface area contributed by atoms with Gasteiger partial charge in [-0.3, -0.25) is 9.78 Å². The minimum Gasteiger partial charge on any atom is -0.465 e. The Hall–Kier alpha value is -3.82. The summed E-state index contributed by atoms with van der Waals surface area (Å²) in [6.45, 7) is 5.24. The molecule has 0 bridgehead atoms. The largest absolute Gasteiger partial charge is 0.465 e. The Morgan fingerprint density at radius 3 is 2.62 bits per heavy atom. The van der Waals surface area contributed by atoms with E-state index in [2.05, 4.69) is 15.5 Å². The molecule has 1 amide bonds. The predicted octanol–water partition coefficient (Wildman–Crippen LogP) is 6.06. The molecule has 8 nitrogen and oxygen atoms in total. The van der Waals surface area contributed by atoms with Gasteiger partial charge in [0.05, 0.1) is 17.3 Å². The molecule has 39 heavy (non-hydrogen) atoms. The van der Waals surface area contributed by atoms with Crippen LogP contribution >= 0.6 is 0 Å². The fourth-order valence-corrected chi connectivity index (χ4v) is 5.32. The van der Waals surface area contributed by atoms with Crippen LogP contribution in [0, 0.1) is 11.6 Å². The molecule has 0 fully saturated rings. The van der Waals surface area contributed by atoms with Crippen LogP contribution in [-0.2, 0) is 22.4 Å². The molecule has 2 aromatic heterocycles. The van der Waals surface area contributed by atoms with Crippen molar-refractivity contribution in [1.82, 2.24) is 15.5 Å². The minimum absolute atomic E-state index is 0.139. The lowest BCUT2D eigenvalue weighted by Gasteiger charge is -2.29. The van der Waals surface area contributed by atoms with Crippen molar-refractivity contribution in [3.05, 3.63) is 76.3 Å². The summed E-state index contributed by atoms with van der Waals surface area (Å²) in [5.41, 5.74) is 1.28.